The van der Waals surface area contributed by atoms with Crippen molar-refractivity contribution in [1.29, 1.82) is 0 Å². The third kappa shape index (κ3) is 5.43. The topological polar surface area (TPSA) is 84.2 Å². The van der Waals surface area contributed by atoms with Gasteiger partial charge in [-0.15, -0.1) is 0 Å². The lowest BCUT2D eigenvalue weighted by Crippen LogP contribution is -2.22. The summed E-state index contributed by atoms with van der Waals surface area (Å²) >= 11 is 0. The van der Waals surface area contributed by atoms with Gasteiger partial charge in [-0.3, -0.25) is 9.48 Å². The molecule has 0 bridgehead atoms. The number of carboxylic acid groups (broad SMARTS) is 1. The Bertz CT molecular complexity index is 702. The van der Waals surface area contributed by atoms with E-state index in [1.54, 1.807) is 22.9 Å². The normalized spacial score (nSPS) is 10.8. The molecule has 2 rings (SSSR count). The maximum Gasteiger partial charge on any atom is 0.335 e. The molecule has 1 aromatic carbocycles. The monoisotopic (exact) mass is 313 g/mol. The second-order valence-electron chi connectivity index (χ2n) is 5.18. The number of hydrogen-bond donors (Lipinski definition) is 2. The zero-order valence-corrected chi connectivity index (χ0v) is 12.9. The highest BCUT2D eigenvalue weighted by atomic mass is 16.4. The van der Waals surface area contributed by atoms with Crippen molar-refractivity contribution in [3.63, 3.8) is 0 Å². The van der Waals surface area contributed by atoms with Crippen molar-refractivity contribution >= 4 is 18.0 Å². The molecule has 0 unspecified atom stereocenters. The van der Waals surface area contributed by atoms with Crippen LogP contribution in [0, 0.1) is 0 Å². The van der Waals surface area contributed by atoms with Gasteiger partial charge in [-0.05, 0) is 42.2 Å². The van der Waals surface area contributed by atoms with Crippen LogP contribution in [-0.2, 0) is 18.3 Å². The number of carbonyl (C=O) groups excluding carboxylic acids is 1. The largest absolute Gasteiger partial charge is 0.478 e. The summed E-state index contributed by atoms with van der Waals surface area (Å²) in [5.74, 6) is -1.13. The summed E-state index contributed by atoms with van der Waals surface area (Å²) in [6, 6.07) is 6.34. The van der Waals surface area contributed by atoms with Crippen LogP contribution in [0.15, 0.2) is 42.7 Å². The number of benzene rings is 1. The van der Waals surface area contributed by atoms with Crippen molar-refractivity contribution in [3.8, 4) is 0 Å². The van der Waals surface area contributed by atoms with Crippen LogP contribution in [0.2, 0.25) is 0 Å². The molecule has 23 heavy (non-hydrogen) atoms. The number of rotatable bonds is 7. The number of carboxylic acids is 1. The average Bonchev–Trinajstić information content (AvgIpc) is 2.95. The first kappa shape index (κ1) is 16.5. The van der Waals surface area contributed by atoms with Gasteiger partial charge in [0.05, 0.1) is 11.8 Å². The Labute approximate surface area is 134 Å². The standard InChI is InChI=1S/C17H19N3O3/c1-20-12-14(11-19-20)3-2-10-18-16(21)9-6-13-4-7-15(8-5-13)17(22)23/h4-9,11-12H,2-3,10H2,1H3,(H,18,21)(H,22,23). The Balaban J connectivity index is 1.72. The van der Waals surface area contributed by atoms with Crippen LogP contribution in [0.5, 0.6) is 0 Å². The van der Waals surface area contributed by atoms with Crippen molar-refractivity contribution in [3.05, 3.63) is 59.4 Å². The van der Waals surface area contributed by atoms with E-state index in [4.69, 9.17) is 5.11 Å². The molecule has 1 aromatic heterocycles. The fraction of sp³-hybridized carbons (Fsp3) is 0.235. The van der Waals surface area contributed by atoms with Crippen LogP contribution in [0.4, 0.5) is 0 Å². The molecule has 6 heteroatoms. The average molecular weight is 313 g/mol. The lowest BCUT2D eigenvalue weighted by atomic mass is 10.1. The number of hydrogen-bond acceptors (Lipinski definition) is 3. The van der Waals surface area contributed by atoms with Crippen molar-refractivity contribution in [1.82, 2.24) is 15.1 Å². The highest BCUT2D eigenvalue weighted by molar-refractivity contribution is 5.92. The molecule has 6 nitrogen and oxygen atoms in total. The van der Waals surface area contributed by atoms with Crippen molar-refractivity contribution in [2.24, 2.45) is 7.05 Å². The maximum atomic E-state index is 11.7. The van der Waals surface area contributed by atoms with E-state index in [9.17, 15) is 9.59 Å². The lowest BCUT2D eigenvalue weighted by Gasteiger charge is -2.01. The van der Waals surface area contributed by atoms with E-state index in [2.05, 4.69) is 10.4 Å². The molecule has 2 aromatic rings. The minimum absolute atomic E-state index is 0.168. The molecule has 0 saturated carbocycles. The van der Waals surface area contributed by atoms with E-state index in [1.165, 1.54) is 18.2 Å². The van der Waals surface area contributed by atoms with Crippen LogP contribution < -0.4 is 5.32 Å². The molecular formula is C17H19N3O3. The van der Waals surface area contributed by atoms with Crippen LogP contribution in [0.3, 0.4) is 0 Å². The predicted octanol–water partition coefficient (Wildman–Crippen LogP) is 1.88. The number of aromatic carboxylic acids is 1. The number of amides is 1. The van der Waals surface area contributed by atoms with E-state index in [0.29, 0.717) is 6.54 Å². The lowest BCUT2D eigenvalue weighted by molar-refractivity contribution is -0.116. The summed E-state index contributed by atoms with van der Waals surface area (Å²) in [5, 5.41) is 15.7. The van der Waals surface area contributed by atoms with Crippen molar-refractivity contribution in [2.75, 3.05) is 6.54 Å². The fourth-order valence-corrected chi connectivity index (χ4v) is 2.07. The van der Waals surface area contributed by atoms with Gasteiger partial charge in [-0.25, -0.2) is 4.79 Å². The van der Waals surface area contributed by atoms with Gasteiger partial charge >= 0.3 is 5.97 Å². The predicted molar refractivity (Wildman–Crippen MR) is 87.0 cm³/mol. The van der Waals surface area contributed by atoms with Gasteiger partial charge in [0, 0.05) is 25.9 Å². The van der Waals surface area contributed by atoms with E-state index in [1.807, 2.05) is 19.4 Å². The summed E-state index contributed by atoms with van der Waals surface area (Å²) in [7, 11) is 1.87. The Morgan fingerprint density at radius 3 is 2.65 bits per heavy atom. The first-order valence-corrected chi connectivity index (χ1v) is 7.31. The van der Waals surface area contributed by atoms with Crippen LogP contribution in [0.1, 0.15) is 27.9 Å². The first-order valence-electron chi connectivity index (χ1n) is 7.31. The van der Waals surface area contributed by atoms with Gasteiger partial charge in [0.15, 0.2) is 0 Å². The molecule has 0 aliphatic rings. The Hall–Kier alpha value is -2.89. The SMILES string of the molecule is Cn1cc(CCCNC(=O)C=Cc2ccc(C(=O)O)cc2)cn1. The first-order chi connectivity index (χ1) is 11.0. The van der Waals surface area contributed by atoms with Gasteiger partial charge in [-0.2, -0.15) is 5.10 Å². The Morgan fingerprint density at radius 2 is 2.04 bits per heavy atom. The Morgan fingerprint density at radius 1 is 1.30 bits per heavy atom. The molecule has 1 amide bonds. The highest BCUT2D eigenvalue weighted by Crippen LogP contribution is 2.06. The summed E-state index contributed by atoms with van der Waals surface area (Å²) in [6.45, 7) is 0.593. The number of carbonyl (C=O) groups is 2. The number of nitrogens with zero attached hydrogens (tertiary/aromatic N) is 2. The van der Waals surface area contributed by atoms with Gasteiger partial charge in [-0.1, -0.05) is 12.1 Å². The fourth-order valence-electron chi connectivity index (χ4n) is 2.07. The molecule has 0 aliphatic carbocycles. The highest BCUT2D eigenvalue weighted by Gasteiger charge is 2.01. The van der Waals surface area contributed by atoms with E-state index < -0.39 is 5.97 Å². The van der Waals surface area contributed by atoms with Crippen molar-refractivity contribution < 1.29 is 14.7 Å². The molecule has 0 aliphatic heterocycles. The van der Waals surface area contributed by atoms with Gasteiger partial charge in [0.25, 0.3) is 0 Å². The summed E-state index contributed by atoms with van der Waals surface area (Å²) in [6.07, 6.45) is 8.60. The molecule has 0 radical (unpaired) electrons. The Kier molecular flexibility index (Phi) is 5.68. The zero-order valence-electron chi connectivity index (χ0n) is 12.9. The summed E-state index contributed by atoms with van der Waals surface area (Å²) in [4.78, 5) is 22.4. The second-order valence-corrected chi connectivity index (χ2v) is 5.18. The smallest absolute Gasteiger partial charge is 0.335 e. The molecule has 1 heterocycles. The van der Waals surface area contributed by atoms with Crippen LogP contribution >= 0.6 is 0 Å². The van der Waals surface area contributed by atoms with Gasteiger partial charge < -0.3 is 10.4 Å². The van der Waals surface area contributed by atoms with Crippen LogP contribution in [-0.4, -0.2) is 33.3 Å². The zero-order chi connectivity index (χ0) is 16.7. The van der Waals surface area contributed by atoms with E-state index in [-0.39, 0.29) is 11.5 Å². The van der Waals surface area contributed by atoms with E-state index >= 15 is 0 Å². The second kappa shape index (κ2) is 7.93. The van der Waals surface area contributed by atoms with E-state index in [0.717, 1.165) is 24.0 Å². The third-order valence-corrected chi connectivity index (χ3v) is 3.28. The number of aryl methyl sites for hydroxylation is 2. The molecule has 120 valence electrons. The van der Waals surface area contributed by atoms with Gasteiger partial charge in [0.1, 0.15) is 0 Å². The van der Waals surface area contributed by atoms with Crippen molar-refractivity contribution in [2.45, 2.75) is 12.8 Å². The minimum Gasteiger partial charge on any atom is -0.478 e. The molecule has 0 spiro atoms. The molecule has 2 N–H and O–H groups in total. The summed E-state index contributed by atoms with van der Waals surface area (Å²) < 4.78 is 1.76. The minimum atomic E-state index is -0.966. The molecule has 0 fully saturated rings. The quantitative estimate of drug-likeness (QED) is 0.604. The van der Waals surface area contributed by atoms with Gasteiger partial charge in [0.2, 0.25) is 5.91 Å². The molecule has 0 saturated heterocycles. The maximum absolute atomic E-state index is 11.7. The number of aromatic nitrogens is 2. The molecular weight excluding hydrogens is 294 g/mol. The summed E-state index contributed by atoms with van der Waals surface area (Å²) in [5.41, 5.74) is 2.15. The van der Waals surface area contributed by atoms with Crippen LogP contribution in [0.25, 0.3) is 6.08 Å². The number of nitrogens with one attached hydrogen (secondary N) is 1. The molecule has 0 atom stereocenters. The third-order valence-electron chi connectivity index (χ3n) is 3.28.